The van der Waals surface area contributed by atoms with Gasteiger partial charge in [0.15, 0.2) is 0 Å². The molecule has 1 aromatic carbocycles. The molecule has 1 heterocycles. The van der Waals surface area contributed by atoms with Crippen LogP contribution in [0.25, 0.3) is 0 Å². The van der Waals surface area contributed by atoms with E-state index in [1.807, 2.05) is 24.3 Å². The van der Waals surface area contributed by atoms with Crippen LogP contribution in [-0.4, -0.2) is 23.8 Å². The van der Waals surface area contributed by atoms with Crippen LogP contribution >= 0.6 is 0 Å². The predicted octanol–water partition coefficient (Wildman–Crippen LogP) is 1.48. The van der Waals surface area contributed by atoms with Crippen molar-refractivity contribution in [2.45, 2.75) is 0 Å². The largest absolute Gasteiger partial charge is 0.480 e. The van der Waals surface area contributed by atoms with Gasteiger partial charge in [-0.15, -0.1) is 0 Å². The monoisotopic (exact) mass is 202 g/mol. The lowest BCUT2D eigenvalue weighted by molar-refractivity contribution is -0.135. The highest BCUT2D eigenvalue weighted by Gasteiger charge is 2.11. The number of aliphatic carboxylic acids is 1. The standard InChI is InChI=1S/C11H10N2O2/c14-11(15)8-13-6-5-12-7-9-3-1-2-4-10(9)13/h1-7H,8H2,(H,14,15). The lowest BCUT2D eigenvalue weighted by Crippen LogP contribution is -2.24. The number of rotatable bonds is 2. The van der Waals surface area contributed by atoms with E-state index in [4.69, 9.17) is 5.11 Å². The second kappa shape index (κ2) is 3.96. The van der Waals surface area contributed by atoms with Crippen molar-refractivity contribution in [2.24, 2.45) is 4.99 Å². The number of nitrogens with zero attached hydrogens (tertiary/aromatic N) is 2. The zero-order valence-corrected chi connectivity index (χ0v) is 8.00. The van der Waals surface area contributed by atoms with Gasteiger partial charge in [-0.25, -0.2) is 0 Å². The van der Waals surface area contributed by atoms with Crippen LogP contribution in [0.5, 0.6) is 0 Å². The van der Waals surface area contributed by atoms with Crippen LogP contribution in [0, 0.1) is 0 Å². The van der Waals surface area contributed by atoms with E-state index < -0.39 is 5.97 Å². The lowest BCUT2D eigenvalue weighted by atomic mass is 10.2. The lowest BCUT2D eigenvalue weighted by Gasteiger charge is -2.18. The highest BCUT2D eigenvalue weighted by atomic mass is 16.4. The molecule has 0 aromatic heterocycles. The summed E-state index contributed by atoms with van der Waals surface area (Å²) in [6.45, 7) is -0.0587. The first-order chi connectivity index (χ1) is 7.27. The van der Waals surface area contributed by atoms with Crippen LogP contribution in [0.3, 0.4) is 0 Å². The van der Waals surface area contributed by atoms with Crippen molar-refractivity contribution in [1.82, 2.24) is 0 Å². The molecule has 0 amide bonds. The summed E-state index contributed by atoms with van der Waals surface area (Å²) >= 11 is 0. The van der Waals surface area contributed by atoms with Crippen LogP contribution in [-0.2, 0) is 4.79 Å². The number of fused-ring (bicyclic) bond motifs is 1. The summed E-state index contributed by atoms with van der Waals surface area (Å²) in [5.74, 6) is -0.864. The van der Waals surface area contributed by atoms with Gasteiger partial charge >= 0.3 is 5.97 Å². The summed E-state index contributed by atoms with van der Waals surface area (Å²) in [6.07, 6.45) is 4.97. The second-order valence-electron chi connectivity index (χ2n) is 3.16. The van der Waals surface area contributed by atoms with Gasteiger partial charge in [0.2, 0.25) is 0 Å². The number of hydrogen-bond donors (Lipinski definition) is 1. The molecule has 1 N–H and O–H groups in total. The molecule has 15 heavy (non-hydrogen) atoms. The fourth-order valence-corrected chi connectivity index (χ4v) is 1.46. The van der Waals surface area contributed by atoms with E-state index in [2.05, 4.69) is 4.99 Å². The summed E-state index contributed by atoms with van der Waals surface area (Å²) in [6, 6.07) is 7.55. The third kappa shape index (κ3) is 2.04. The number of carboxylic acids is 1. The average molecular weight is 202 g/mol. The number of carboxylic acid groups (broad SMARTS) is 1. The summed E-state index contributed by atoms with van der Waals surface area (Å²) in [5, 5.41) is 8.77. The Balaban J connectivity index is 2.39. The highest BCUT2D eigenvalue weighted by molar-refractivity contribution is 5.90. The first-order valence-corrected chi connectivity index (χ1v) is 4.55. The molecule has 1 aliphatic heterocycles. The molecule has 2 rings (SSSR count). The Morgan fingerprint density at radius 2 is 2.20 bits per heavy atom. The summed E-state index contributed by atoms with van der Waals surface area (Å²) in [5.41, 5.74) is 1.78. The average Bonchev–Trinajstić information content (AvgIpc) is 2.41. The minimum Gasteiger partial charge on any atom is -0.480 e. The Hall–Kier alpha value is -2.10. The summed E-state index contributed by atoms with van der Waals surface area (Å²) in [7, 11) is 0. The van der Waals surface area contributed by atoms with Gasteiger partial charge in [-0.1, -0.05) is 18.2 Å². The number of para-hydroxylation sites is 1. The summed E-state index contributed by atoms with van der Waals surface area (Å²) in [4.78, 5) is 16.4. The van der Waals surface area contributed by atoms with Crippen LogP contribution in [0.4, 0.5) is 5.69 Å². The molecule has 0 spiro atoms. The molecule has 0 aliphatic carbocycles. The van der Waals surface area contributed by atoms with Gasteiger partial charge in [-0.2, -0.15) is 0 Å². The number of aliphatic imine (C=N–C) groups is 1. The zero-order valence-electron chi connectivity index (χ0n) is 8.00. The fraction of sp³-hybridized carbons (Fsp3) is 0.0909. The topological polar surface area (TPSA) is 52.9 Å². The van der Waals surface area contributed by atoms with Gasteiger partial charge < -0.3 is 10.0 Å². The maximum absolute atomic E-state index is 10.7. The first-order valence-electron chi connectivity index (χ1n) is 4.55. The van der Waals surface area contributed by atoms with Crippen molar-refractivity contribution in [3.63, 3.8) is 0 Å². The van der Waals surface area contributed by atoms with Crippen LogP contribution in [0.2, 0.25) is 0 Å². The van der Waals surface area contributed by atoms with E-state index in [0.29, 0.717) is 0 Å². The number of benzene rings is 1. The smallest absolute Gasteiger partial charge is 0.323 e. The first kappa shape index (κ1) is 9.45. The molecule has 0 atom stereocenters. The highest BCUT2D eigenvalue weighted by Crippen LogP contribution is 2.20. The van der Waals surface area contributed by atoms with E-state index >= 15 is 0 Å². The van der Waals surface area contributed by atoms with Gasteiger partial charge in [0.05, 0.1) is 5.69 Å². The zero-order chi connectivity index (χ0) is 10.7. The van der Waals surface area contributed by atoms with Crippen molar-refractivity contribution in [3.05, 3.63) is 42.2 Å². The maximum atomic E-state index is 10.7. The third-order valence-corrected chi connectivity index (χ3v) is 2.10. The number of carbonyl (C=O) groups is 1. The Bertz CT molecular complexity index is 438. The third-order valence-electron chi connectivity index (χ3n) is 2.10. The maximum Gasteiger partial charge on any atom is 0.323 e. The molecule has 0 saturated carbocycles. The Labute approximate surface area is 87.2 Å². The molecule has 1 aliphatic rings. The molecular weight excluding hydrogens is 192 g/mol. The molecule has 4 heteroatoms. The molecule has 0 fully saturated rings. The van der Waals surface area contributed by atoms with Gasteiger partial charge in [0.1, 0.15) is 6.54 Å². The Kier molecular flexibility index (Phi) is 2.49. The van der Waals surface area contributed by atoms with Gasteiger partial charge in [0, 0.05) is 24.2 Å². The van der Waals surface area contributed by atoms with Crippen LogP contribution in [0.15, 0.2) is 41.7 Å². The van der Waals surface area contributed by atoms with Crippen molar-refractivity contribution in [2.75, 3.05) is 11.4 Å². The number of anilines is 1. The molecule has 76 valence electrons. The van der Waals surface area contributed by atoms with E-state index in [-0.39, 0.29) is 6.54 Å². The van der Waals surface area contributed by atoms with E-state index in [9.17, 15) is 4.79 Å². The number of hydrogen-bond acceptors (Lipinski definition) is 3. The molecule has 4 nitrogen and oxygen atoms in total. The van der Waals surface area contributed by atoms with E-state index in [0.717, 1.165) is 11.3 Å². The molecule has 0 radical (unpaired) electrons. The predicted molar refractivity (Wildman–Crippen MR) is 58.2 cm³/mol. The molecular formula is C11H10N2O2. The van der Waals surface area contributed by atoms with Crippen molar-refractivity contribution >= 4 is 17.9 Å². The second-order valence-corrected chi connectivity index (χ2v) is 3.16. The van der Waals surface area contributed by atoms with Gasteiger partial charge in [-0.3, -0.25) is 9.79 Å². The normalized spacial score (nSPS) is 13.5. The van der Waals surface area contributed by atoms with Crippen LogP contribution < -0.4 is 4.90 Å². The van der Waals surface area contributed by atoms with Crippen LogP contribution in [0.1, 0.15) is 5.56 Å². The molecule has 0 saturated heterocycles. The van der Waals surface area contributed by atoms with Crippen molar-refractivity contribution in [3.8, 4) is 0 Å². The van der Waals surface area contributed by atoms with Crippen molar-refractivity contribution < 1.29 is 9.90 Å². The molecule has 1 aromatic rings. The quantitative estimate of drug-likeness (QED) is 0.790. The van der Waals surface area contributed by atoms with Crippen molar-refractivity contribution in [1.29, 1.82) is 0 Å². The Morgan fingerprint density at radius 3 is 3.00 bits per heavy atom. The van der Waals surface area contributed by atoms with Gasteiger partial charge in [-0.05, 0) is 6.07 Å². The molecule has 0 bridgehead atoms. The SMILES string of the molecule is O=C(O)CN1C=CN=Cc2ccccc21. The Morgan fingerprint density at radius 1 is 1.40 bits per heavy atom. The summed E-state index contributed by atoms with van der Waals surface area (Å²) < 4.78 is 0. The minimum atomic E-state index is -0.864. The molecule has 0 unspecified atom stereocenters. The van der Waals surface area contributed by atoms with E-state index in [1.165, 1.54) is 0 Å². The van der Waals surface area contributed by atoms with Gasteiger partial charge in [0.25, 0.3) is 0 Å². The minimum absolute atomic E-state index is 0.0587. The fourth-order valence-electron chi connectivity index (χ4n) is 1.46. The van der Waals surface area contributed by atoms with E-state index in [1.54, 1.807) is 23.5 Å².